The molecule has 1 aromatic heterocycles. The van der Waals surface area contributed by atoms with Gasteiger partial charge in [0.05, 0.1) is 13.1 Å². The minimum atomic E-state index is -0.463. The van der Waals surface area contributed by atoms with Crippen LogP contribution in [0.5, 0.6) is 0 Å². The van der Waals surface area contributed by atoms with E-state index in [1.807, 2.05) is 4.90 Å². The molecule has 120 valence electrons. The maximum atomic E-state index is 12.1. The second-order valence-corrected chi connectivity index (χ2v) is 6.14. The van der Waals surface area contributed by atoms with E-state index in [1.54, 1.807) is 35.9 Å². The van der Waals surface area contributed by atoms with Crippen LogP contribution in [0, 0.1) is 0 Å². The van der Waals surface area contributed by atoms with Gasteiger partial charge >= 0.3 is 6.09 Å². The van der Waals surface area contributed by atoms with Gasteiger partial charge < -0.3 is 15.0 Å². The zero-order valence-corrected chi connectivity index (χ0v) is 12.9. The molecule has 1 atom stereocenters. The molecule has 1 N–H and O–H groups in total. The number of amides is 2. The number of hydrogen-bond acceptors (Lipinski definition) is 5. The van der Waals surface area contributed by atoms with Crippen molar-refractivity contribution in [2.75, 3.05) is 38.5 Å². The third-order valence-electron chi connectivity index (χ3n) is 4.11. The largest absolute Gasteiger partial charge is 0.440 e. The number of aromatic nitrogens is 2. The third-order valence-corrected chi connectivity index (χ3v) is 4.11. The quantitative estimate of drug-likeness (QED) is 0.867. The molecular formula is C14H21N5O3. The minimum Gasteiger partial charge on any atom is -0.440 e. The highest BCUT2D eigenvalue weighted by atomic mass is 16.6. The van der Waals surface area contributed by atoms with E-state index in [-0.39, 0.29) is 18.5 Å². The number of anilines is 1. The zero-order chi connectivity index (χ0) is 15.7. The lowest BCUT2D eigenvalue weighted by molar-refractivity contribution is -0.118. The van der Waals surface area contributed by atoms with Gasteiger partial charge in [-0.15, -0.1) is 0 Å². The summed E-state index contributed by atoms with van der Waals surface area (Å²) in [6, 6.07) is 1.75. The first-order chi connectivity index (χ1) is 10.5. The van der Waals surface area contributed by atoms with Gasteiger partial charge in [0.25, 0.3) is 0 Å². The molecule has 0 saturated carbocycles. The zero-order valence-electron chi connectivity index (χ0n) is 12.9. The number of hydrogen-bond donors (Lipinski definition) is 1. The first-order valence-corrected chi connectivity index (χ1v) is 7.42. The molecule has 3 rings (SSSR count). The molecule has 22 heavy (non-hydrogen) atoms. The van der Waals surface area contributed by atoms with E-state index in [0.717, 1.165) is 19.4 Å². The molecule has 0 aliphatic carbocycles. The first kappa shape index (κ1) is 14.8. The van der Waals surface area contributed by atoms with Crippen molar-refractivity contribution < 1.29 is 14.3 Å². The van der Waals surface area contributed by atoms with E-state index < -0.39 is 5.60 Å². The molecule has 2 aliphatic heterocycles. The highest BCUT2D eigenvalue weighted by Gasteiger charge is 2.46. The van der Waals surface area contributed by atoms with Crippen molar-refractivity contribution in [3.63, 3.8) is 0 Å². The first-order valence-electron chi connectivity index (χ1n) is 7.42. The molecule has 1 spiro atoms. The number of nitrogens with one attached hydrogen (secondary N) is 1. The maximum absolute atomic E-state index is 12.1. The predicted octanol–water partition coefficient (Wildman–Crippen LogP) is 0.275. The Balaban J connectivity index is 1.56. The van der Waals surface area contributed by atoms with E-state index in [1.165, 1.54) is 0 Å². The Labute approximate surface area is 129 Å². The van der Waals surface area contributed by atoms with Gasteiger partial charge in [-0.25, -0.2) is 4.79 Å². The van der Waals surface area contributed by atoms with Crippen molar-refractivity contribution in [2.24, 2.45) is 7.05 Å². The van der Waals surface area contributed by atoms with E-state index in [4.69, 9.17) is 4.74 Å². The highest BCUT2D eigenvalue weighted by molar-refractivity contribution is 5.91. The number of ether oxygens (including phenoxy) is 1. The number of nitrogens with zero attached hydrogens (tertiary/aromatic N) is 4. The number of carbonyl (C=O) groups is 2. The van der Waals surface area contributed by atoms with Gasteiger partial charge in [0, 0.05) is 32.9 Å². The van der Waals surface area contributed by atoms with Crippen LogP contribution in [-0.2, 0) is 16.6 Å². The molecular weight excluding hydrogens is 286 g/mol. The predicted molar refractivity (Wildman–Crippen MR) is 79.4 cm³/mol. The van der Waals surface area contributed by atoms with E-state index in [0.29, 0.717) is 18.9 Å². The van der Waals surface area contributed by atoms with Crippen molar-refractivity contribution in [1.82, 2.24) is 19.6 Å². The fourth-order valence-corrected chi connectivity index (χ4v) is 3.20. The Hall–Kier alpha value is -2.09. The Morgan fingerprint density at radius 3 is 2.91 bits per heavy atom. The molecule has 2 saturated heterocycles. The normalized spacial score (nSPS) is 25.5. The summed E-state index contributed by atoms with van der Waals surface area (Å²) < 4.78 is 7.17. The van der Waals surface area contributed by atoms with E-state index in [9.17, 15) is 9.59 Å². The number of piperidine rings is 1. The molecule has 2 fully saturated rings. The summed E-state index contributed by atoms with van der Waals surface area (Å²) in [6.07, 6.45) is 3.26. The van der Waals surface area contributed by atoms with Crippen molar-refractivity contribution in [1.29, 1.82) is 0 Å². The van der Waals surface area contributed by atoms with Gasteiger partial charge in [-0.1, -0.05) is 0 Å². The Morgan fingerprint density at radius 2 is 2.27 bits per heavy atom. The second-order valence-electron chi connectivity index (χ2n) is 6.14. The molecule has 2 amide bonds. The van der Waals surface area contributed by atoms with Gasteiger partial charge in [-0.2, -0.15) is 5.10 Å². The molecule has 0 bridgehead atoms. The summed E-state index contributed by atoms with van der Waals surface area (Å²) in [6.45, 7) is 2.29. The smallest absolute Gasteiger partial charge is 0.410 e. The second kappa shape index (κ2) is 5.60. The minimum absolute atomic E-state index is 0.103. The van der Waals surface area contributed by atoms with Gasteiger partial charge in [0.1, 0.15) is 5.60 Å². The van der Waals surface area contributed by atoms with Crippen LogP contribution in [0.25, 0.3) is 0 Å². The number of rotatable bonds is 3. The Morgan fingerprint density at radius 1 is 1.45 bits per heavy atom. The molecule has 2 aliphatic rings. The lowest BCUT2D eigenvalue weighted by Gasteiger charge is -2.37. The SMILES string of the molecule is CN1CC2(CCCN(CC(=O)Nc3ccn(C)n3)C2)OC1=O. The van der Waals surface area contributed by atoms with Crippen LogP contribution in [0.4, 0.5) is 10.6 Å². The molecule has 1 aromatic rings. The topological polar surface area (TPSA) is 79.7 Å². The summed E-state index contributed by atoms with van der Waals surface area (Å²) in [5.41, 5.74) is -0.463. The summed E-state index contributed by atoms with van der Waals surface area (Å²) in [5.74, 6) is 0.444. The van der Waals surface area contributed by atoms with Crippen LogP contribution in [-0.4, -0.2) is 70.4 Å². The Kier molecular flexibility index (Phi) is 3.78. The lowest BCUT2D eigenvalue weighted by Crippen LogP contribution is -2.52. The molecule has 3 heterocycles. The number of aryl methyl sites for hydroxylation is 1. The van der Waals surface area contributed by atoms with Crippen LogP contribution in [0.15, 0.2) is 12.3 Å². The summed E-state index contributed by atoms with van der Waals surface area (Å²) in [7, 11) is 3.54. The molecule has 0 radical (unpaired) electrons. The monoisotopic (exact) mass is 307 g/mol. The van der Waals surface area contributed by atoms with Gasteiger partial charge in [-0.3, -0.25) is 14.4 Å². The molecule has 8 nitrogen and oxygen atoms in total. The van der Waals surface area contributed by atoms with Crippen LogP contribution in [0.2, 0.25) is 0 Å². The maximum Gasteiger partial charge on any atom is 0.410 e. The van der Waals surface area contributed by atoms with Crippen LogP contribution in [0.1, 0.15) is 12.8 Å². The highest BCUT2D eigenvalue weighted by Crippen LogP contribution is 2.31. The summed E-state index contributed by atoms with van der Waals surface area (Å²) in [4.78, 5) is 27.3. The van der Waals surface area contributed by atoms with Crippen LogP contribution in [0.3, 0.4) is 0 Å². The Bertz CT molecular complexity index is 587. The standard InChI is InChI=1S/C14H21N5O3/c1-17-9-14(22-13(17)21)5-3-6-19(10-14)8-12(20)15-11-4-7-18(2)16-11/h4,7H,3,5-6,8-10H2,1-2H3,(H,15,16,20). The molecule has 0 aromatic carbocycles. The third kappa shape index (κ3) is 3.06. The van der Waals surface area contributed by atoms with Crippen LogP contribution < -0.4 is 5.32 Å². The lowest BCUT2D eigenvalue weighted by atomic mass is 9.93. The number of carbonyl (C=O) groups excluding carboxylic acids is 2. The van der Waals surface area contributed by atoms with Crippen molar-refractivity contribution >= 4 is 17.8 Å². The van der Waals surface area contributed by atoms with Gasteiger partial charge in [-0.05, 0) is 19.4 Å². The van der Waals surface area contributed by atoms with E-state index >= 15 is 0 Å². The van der Waals surface area contributed by atoms with E-state index in [2.05, 4.69) is 10.4 Å². The number of likely N-dealkylation sites (N-methyl/N-ethyl adjacent to an activating group) is 1. The van der Waals surface area contributed by atoms with Crippen molar-refractivity contribution in [3.05, 3.63) is 12.3 Å². The average molecular weight is 307 g/mol. The fourth-order valence-electron chi connectivity index (χ4n) is 3.20. The molecule has 1 unspecified atom stereocenters. The summed E-state index contributed by atoms with van der Waals surface area (Å²) >= 11 is 0. The number of likely N-dealkylation sites (tertiary alicyclic amines) is 1. The summed E-state index contributed by atoms with van der Waals surface area (Å²) in [5, 5.41) is 6.90. The fraction of sp³-hybridized carbons (Fsp3) is 0.643. The van der Waals surface area contributed by atoms with Crippen LogP contribution >= 0.6 is 0 Å². The van der Waals surface area contributed by atoms with Crippen molar-refractivity contribution in [3.8, 4) is 0 Å². The average Bonchev–Trinajstić information content (AvgIpc) is 2.94. The van der Waals surface area contributed by atoms with Gasteiger partial charge in [0.2, 0.25) is 5.91 Å². The molecule has 8 heteroatoms. The van der Waals surface area contributed by atoms with Crippen molar-refractivity contribution in [2.45, 2.75) is 18.4 Å². The van der Waals surface area contributed by atoms with Gasteiger partial charge in [0.15, 0.2) is 5.82 Å².